The van der Waals surface area contributed by atoms with E-state index >= 15 is 0 Å². The van der Waals surface area contributed by atoms with Crippen molar-refractivity contribution in [3.05, 3.63) is 27.7 Å². The van der Waals surface area contributed by atoms with Gasteiger partial charge in [-0.05, 0) is 67.7 Å². The zero-order chi connectivity index (χ0) is 15.3. The molecule has 0 saturated carbocycles. The van der Waals surface area contributed by atoms with Crippen molar-refractivity contribution >= 4 is 27.7 Å². The SMILES string of the molecule is Cc1cc(C)c(NCCNC(=O)OC(C)(C)C)c(Br)c1. The van der Waals surface area contributed by atoms with E-state index in [0.29, 0.717) is 13.1 Å². The molecule has 0 radical (unpaired) electrons. The van der Waals surface area contributed by atoms with Crippen molar-refractivity contribution in [2.45, 2.75) is 40.2 Å². The molecule has 5 heteroatoms. The molecule has 0 bridgehead atoms. The third kappa shape index (κ3) is 5.82. The Morgan fingerprint density at radius 2 is 1.90 bits per heavy atom. The summed E-state index contributed by atoms with van der Waals surface area (Å²) in [4.78, 5) is 11.5. The van der Waals surface area contributed by atoms with E-state index in [1.165, 1.54) is 11.1 Å². The summed E-state index contributed by atoms with van der Waals surface area (Å²) in [7, 11) is 0. The predicted octanol–water partition coefficient (Wildman–Crippen LogP) is 4.00. The van der Waals surface area contributed by atoms with Crippen LogP contribution >= 0.6 is 15.9 Å². The van der Waals surface area contributed by atoms with Crippen LogP contribution in [0.5, 0.6) is 0 Å². The molecule has 112 valence electrons. The van der Waals surface area contributed by atoms with E-state index < -0.39 is 5.60 Å². The summed E-state index contributed by atoms with van der Waals surface area (Å²) in [6.07, 6.45) is -0.390. The molecular weight excluding hydrogens is 320 g/mol. The van der Waals surface area contributed by atoms with Crippen molar-refractivity contribution < 1.29 is 9.53 Å². The number of hydrogen-bond donors (Lipinski definition) is 2. The van der Waals surface area contributed by atoms with Crippen LogP contribution in [0, 0.1) is 13.8 Å². The summed E-state index contributed by atoms with van der Waals surface area (Å²) >= 11 is 3.54. The van der Waals surface area contributed by atoms with E-state index in [9.17, 15) is 4.79 Å². The Kier molecular flexibility index (Phi) is 5.87. The maximum Gasteiger partial charge on any atom is 0.407 e. The fourth-order valence-electron chi connectivity index (χ4n) is 1.81. The molecule has 0 aliphatic carbocycles. The highest BCUT2D eigenvalue weighted by molar-refractivity contribution is 9.10. The maximum atomic E-state index is 11.5. The molecule has 0 aliphatic heterocycles. The van der Waals surface area contributed by atoms with Gasteiger partial charge in [0.25, 0.3) is 0 Å². The van der Waals surface area contributed by atoms with E-state index in [-0.39, 0.29) is 6.09 Å². The van der Waals surface area contributed by atoms with Gasteiger partial charge in [0.1, 0.15) is 5.60 Å². The number of carbonyl (C=O) groups excluding carboxylic acids is 1. The van der Waals surface area contributed by atoms with E-state index in [2.05, 4.69) is 52.5 Å². The number of ether oxygens (including phenoxy) is 1. The van der Waals surface area contributed by atoms with Crippen molar-refractivity contribution in [2.75, 3.05) is 18.4 Å². The molecule has 0 atom stereocenters. The number of benzene rings is 1. The Hall–Kier alpha value is -1.23. The third-order valence-corrected chi connectivity index (χ3v) is 3.15. The molecule has 0 saturated heterocycles. The molecule has 0 fully saturated rings. The van der Waals surface area contributed by atoms with Crippen LogP contribution < -0.4 is 10.6 Å². The molecule has 2 N–H and O–H groups in total. The molecule has 1 aromatic rings. The second-order valence-electron chi connectivity index (χ2n) is 5.79. The van der Waals surface area contributed by atoms with Crippen LogP contribution in [0.1, 0.15) is 31.9 Å². The van der Waals surface area contributed by atoms with Gasteiger partial charge in [0.05, 0.1) is 5.69 Å². The number of carbonyl (C=O) groups is 1. The quantitative estimate of drug-likeness (QED) is 0.813. The Labute approximate surface area is 129 Å². The summed E-state index contributed by atoms with van der Waals surface area (Å²) in [6.45, 7) is 10.8. The van der Waals surface area contributed by atoms with Crippen molar-refractivity contribution in [1.29, 1.82) is 0 Å². The number of rotatable bonds is 4. The lowest BCUT2D eigenvalue weighted by atomic mass is 10.1. The number of alkyl carbamates (subject to hydrolysis) is 1. The monoisotopic (exact) mass is 342 g/mol. The number of aryl methyl sites for hydroxylation is 2. The van der Waals surface area contributed by atoms with E-state index in [1.54, 1.807) is 0 Å². The number of hydrogen-bond acceptors (Lipinski definition) is 3. The minimum absolute atomic E-state index is 0.390. The molecule has 0 unspecified atom stereocenters. The average molecular weight is 343 g/mol. The molecule has 1 rings (SSSR count). The summed E-state index contributed by atoms with van der Waals surface area (Å²) < 4.78 is 6.20. The largest absolute Gasteiger partial charge is 0.444 e. The van der Waals surface area contributed by atoms with E-state index in [4.69, 9.17) is 4.74 Å². The third-order valence-electron chi connectivity index (χ3n) is 2.53. The van der Waals surface area contributed by atoms with Gasteiger partial charge < -0.3 is 15.4 Å². The second-order valence-corrected chi connectivity index (χ2v) is 6.65. The minimum atomic E-state index is -0.464. The minimum Gasteiger partial charge on any atom is -0.444 e. The molecule has 1 amide bonds. The van der Waals surface area contributed by atoms with Crippen LogP contribution in [0.15, 0.2) is 16.6 Å². The highest BCUT2D eigenvalue weighted by Gasteiger charge is 2.15. The van der Waals surface area contributed by atoms with Gasteiger partial charge in [-0.25, -0.2) is 4.79 Å². The van der Waals surface area contributed by atoms with Crippen LogP contribution in [-0.4, -0.2) is 24.8 Å². The normalized spacial score (nSPS) is 11.1. The first-order chi connectivity index (χ1) is 9.19. The highest BCUT2D eigenvalue weighted by atomic mass is 79.9. The van der Waals surface area contributed by atoms with Crippen molar-refractivity contribution in [2.24, 2.45) is 0 Å². The number of halogens is 1. The van der Waals surface area contributed by atoms with Crippen molar-refractivity contribution in [1.82, 2.24) is 5.32 Å². The number of anilines is 1. The standard InChI is InChI=1S/C15H23BrN2O2/c1-10-8-11(2)13(12(16)9-10)17-6-7-18-14(19)20-15(3,4)5/h8-9,17H,6-7H2,1-5H3,(H,18,19). The fourth-order valence-corrected chi connectivity index (χ4v) is 2.62. The zero-order valence-electron chi connectivity index (χ0n) is 12.8. The Balaban J connectivity index is 2.41. The van der Waals surface area contributed by atoms with E-state index in [1.807, 2.05) is 20.8 Å². The first kappa shape index (κ1) is 16.8. The van der Waals surface area contributed by atoms with Gasteiger partial charge in [-0.2, -0.15) is 0 Å². The fraction of sp³-hybridized carbons (Fsp3) is 0.533. The van der Waals surface area contributed by atoms with Crippen molar-refractivity contribution in [3.63, 3.8) is 0 Å². The van der Waals surface area contributed by atoms with Crippen LogP contribution in [0.25, 0.3) is 0 Å². The topological polar surface area (TPSA) is 50.4 Å². The van der Waals surface area contributed by atoms with Gasteiger partial charge >= 0.3 is 6.09 Å². The lowest BCUT2D eigenvalue weighted by molar-refractivity contribution is 0.0530. The van der Waals surface area contributed by atoms with Gasteiger partial charge in [0.15, 0.2) is 0 Å². The number of nitrogens with one attached hydrogen (secondary N) is 2. The molecule has 4 nitrogen and oxygen atoms in total. The molecule has 0 aromatic heterocycles. The van der Waals surface area contributed by atoms with Gasteiger partial charge in [-0.3, -0.25) is 0 Å². The average Bonchev–Trinajstić information content (AvgIpc) is 2.23. The van der Waals surface area contributed by atoms with Crippen LogP contribution in [0.4, 0.5) is 10.5 Å². The Morgan fingerprint density at radius 1 is 1.25 bits per heavy atom. The Bertz CT molecular complexity index is 458. The molecule has 0 heterocycles. The highest BCUT2D eigenvalue weighted by Crippen LogP contribution is 2.27. The maximum absolute atomic E-state index is 11.5. The van der Waals surface area contributed by atoms with Gasteiger partial charge in [-0.1, -0.05) is 6.07 Å². The number of amides is 1. The zero-order valence-corrected chi connectivity index (χ0v) is 14.3. The van der Waals surface area contributed by atoms with Gasteiger partial charge in [-0.15, -0.1) is 0 Å². The second kappa shape index (κ2) is 6.97. The first-order valence-electron chi connectivity index (χ1n) is 6.66. The molecule has 1 aromatic carbocycles. The summed E-state index contributed by atoms with van der Waals surface area (Å²) in [5.41, 5.74) is 2.98. The van der Waals surface area contributed by atoms with Crippen LogP contribution in [0.3, 0.4) is 0 Å². The van der Waals surface area contributed by atoms with E-state index in [0.717, 1.165) is 10.2 Å². The molecule has 0 aliphatic rings. The molecule has 0 spiro atoms. The summed E-state index contributed by atoms with van der Waals surface area (Å²) in [5.74, 6) is 0. The lowest BCUT2D eigenvalue weighted by Crippen LogP contribution is -2.35. The van der Waals surface area contributed by atoms with Crippen LogP contribution in [0.2, 0.25) is 0 Å². The van der Waals surface area contributed by atoms with Gasteiger partial charge in [0.2, 0.25) is 0 Å². The van der Waals surface area contributed by atoms with Crippen LogP contribution in [-0.2, 0) is 4.74 Å². The lowest BCUT2D eigenvalue weighted by Gasteiger charge is -2.20. The smallest absolute Gasteiger partial charge is 0.407 e. The summed E-state index contributed by atoms with van der Waals surface area (Å²) in [6, 6.07) is 4.19. The molecule has 20 heavy (non-hydrogen) atoms. The first-order valence-corrected chi connectivity index (χ1v) is 7.46. The summed E-state index contributed by atoms with van der Waals surface area (Å²) in [5, 5.41) is 6.03. The van der Waals surface area contributed by atoms with Crippen molar-refractivity contribution in [3.8, 4) is 0 Å². The predicted molar refractivity (Wildman–Crippen MR) is 86.3 cm³/mol. The molecular formula is C15H23BrN2O2. The Morgan fingerprint density at radius 3 is 2.45 bits per heavy atom. The van der Waals surface area contributed by atoms with Gasteiger partial charge in [0, 0.05) is 17.6 Å².